The van der Waals surface area contributed by atoms with E-state index in [1.165, 1.54) is 12.5 Å². The number of imidazole rings is 1. The van der Waals surface area contributed by atoms with Gasteiger partial charge in [0.25, 0.3) is 5.91 Å². The molecule has 0 atom stereocenters. The van der Waals surface area contributed by atoms with E-state index >= 15 is 0 Å². The van der Waals surface area contributed by atoms with Gasteiger partial charge in [0.2, 0.25) is 6.55 Å². The van der Waals surface area contributed by atoms with Crippen LogP contribution >= 0.6 is 0 Å². The van der Waals surface area contributed by atoms with Crippen LogP contribution in [-0.4, -0.2) is 62.5 Å². The van der Waals surface area contributed by atoms with Crippen LogP contribution in [0.25, 0.3) is 0 Å². The molecule has 2 aromatic rings. The van der Waals surface area contributed by atoms with E-state index in [0.29, 0.717) is 30.8 Å². The predicted octanol–water partition coefficient (Wildman–Crippen LogP) is -1.26. The van der Waals surface area contributed by atoms with Crippen molar-refractivity contribution >= 4 is 18.4 Å². The van der Waals surface area contributed by atoms with Crippen molar-refractivity contribution in [2.45, 2.75) is 25.2 Å². The Bertz CT molecular complexity index is 892. The molecule has 9 nitrogen and oxygen atoms in total. The normalized spacial score (nSPS) is 18.5. The van der Waals surface area contributed by atoms with E-state index in [9.17, 15) is 24.7 Å². The number of H-pyrrole nitrogens is 1. The number of benzene rings is 1. The smallest absolute Gasteiger partial charge is 0.272 e. The van der Waals surface area contributed by atoms with Gasteiger partial charge in [0, 0.05) is 5.56 Å². The number of likely N-dealkylation sites (tertiary alicyclic amines) is 1. The van der Waals surface area contributed by atoms with Gasteiger partial charge < -0.3 is 34.6 Å². The second-order valence-electron chi connectivity index (χ2n) is 7.16. The Hall–Kier alpha value is -2.85. The van der Waals surface area contributed by atoms with Crippen LogP contribution in [-0.2, 0) is 12.7 Å². The Labute approximate surface area is 154 Å². The molecule has 2 aliphatic rings. The first-order valence-corrected chi connectivity index (χ1v) is 8.77. The van der Waals surface area contributed by atoms with Crippen LogP contribution in [0.3, 0.4) is 0 Å². The van der Waals surface area contributed by atoms with Crippen molar-refractivity contribution in [3.63, 3.8) is 0 Å². The number of aromatic nitrogens is 2. The molecule has 0 unspecified atom stereocenters. The van der Waals surface area contributed by atoms with E-state index in [1.807, 2.05) is 0 Å². The van der Waals surface area contributed by atoms with Crippen molar-refractivity contribution in [3.8, 4) is 5.75 Å². The Morgan fingerprint density at radius 1 is 1.33 bits per heavy atom. The quantitative estimate of drug-likeness (QED) is 0.570. The summed E-state index contributed by atoms with van der Waals surface area (Å²) in [6.45, 7) is -1.99. The molecule has 142 valence electrons. The summed E-state index contributed by atoms with van der Waals surface area (Å²) in [5, 5.41) is 31.6. The predicted molar refractivity (Wildman–Crippen MR) is 92.1 cm³/mol. The highest BCUT2D eigenvalue weighted by Gasteiger charge is 2.35. The van der Waals surface area contributed by atoms with Gasteiger partial charge in [0.05, 0.1) is 31.6 Å². The number of nitrogens with one attached hydrogen (secondary N) is 1. The van der Waals surface area contributed by atoms with Gasteiger partial charge in [-0.05, 0) is 11.6 Å². The molecule has 3 N–H and O–H groups in total. The summed E-state index contributed by atoms with van der Waals surface area (Å²) in [6, 6.07) is 3.31. The van der Waals surface area contributed by atoms with Crippen molar-refractivity contribution < 1.29 is 29.5 Å². The summed E-state index contributed by atoms with van der Waals surface area (Å²) in [5.74, 6) is -1.49. The molecule has 0 radical (unpaired) electrons. The number of aromatic amines is 1. The molecule has 1 aromatic carbocycles. The lowest BCUT2D eigenvalue weighted by atomic mass is 9.47. The molecule has 2 aliphatic heterocycles. The lowest BCUT2D eigenvalue weighted by Gasteiger charge is -2.40. The maximum atomic E-state index is 12.2. The molecular weight excluding hydrogens is 353 g/mol. The van der Waals surface area contributed by atoms with E-state index in [1.54, 1.807) is 17.0 Å². The third kappa shape index (κ3) is 3.29. The Morgan fingerprint density at radius 3 is 2.78 bits per heavy atom. The maximum absolute atomic E-state index is 12.2. The van der Waals surface area contributed by atoms with Gasteiger partial charge in [-0.1, -0.05) is 18.1 Å². The van der Waals surface area contributed by atoms with Crippen LogP contribution in [0.15, 0.2) is 24.7 Å². The zero-order valence-corrected chi connectivity index (χ0v) is 14.4. The number of carbonyl (C=O) groups is 2. The van der Waals surface area contributed by atoms with Gasteiger partial charge in [-0.3, -0.25) is 4.79 Å². The summed E-state index contributed by atoms with van der Waals surface area (Å²) >= 11 is 0. The third-order valence-corrected chi connectivity index (χ3v) is 5.14. The number of rotatable bonds is 4. The largest absolute Gasteiger partial charge is 0.583 e. The number of nitrogens with zero attached hydrogens (tertiary/aromatic N) is 2. The first kappa shape index (κ1) is 17.6. The van der Waals surface area contributed by atoms with E-state index in [2.05, 4.69) is 9.97 Å². The molecule has 0 spiro atoms. The number of amides is 1. The lowest BCUT2D eigenvalue weighted by Crippen LogP contribution is -2.56. The SMILES string of the molecule is O=C([O-])c1c(OC2CN(C(=O)c3cnc[nH]3)C2)ccc2c1C[B-](O)(O)CC2. The van der Waals surface area contributed by atoms with E-state index in [-0.39, 0.29) is 36.0 Å². The fourth-order valence-electron chi connectivity index (χ4n) is 3.68. The minimum Gasteiger partial charge on any atom is -0.583 e. The number of aromatic carboxylic acids is 1. The molecule has 1 saturated heterocycles. The van der Waals surface area contributed by atoms with Crippen LogP contribution in [0, 0.1) is 0 Å². The minimum atomic E-state index is -2.62. The maximum Gasteiger partial charge on any atom is 0.272 e. The summed E-state index contributed by atoms with van der Waals surface area (Å²) < 4.78 is 5.78. The van der Waals surface area contributed by atoms with E-state index in [4.69, 9.17) is 4.74 Å². The Kier molecular flexibility index (Phi) is 4.16. The Balaban J connectivity index is 1.50. The third-order valence-electron chi connectivity index (χ3n) is 5.14. The van der Waals surface area contributed by atoms with Crippen molar-refractivity contribution in [1.29, 1.82) is 0 Å². The molecule has 1 amide bonds. The molecule has 27 heavy (non-hydrogen) atoms. The number of fused-ring (bicyclic) bond motifs is 1. The monoisotopic (exact) mass is 371 g/mol. The van der Waals surface area contributed by atoms with Gasteiger partial charge in [0.1, 0.15) is 17.5 Å². The van der Waals surface area contributed by atoms with Crippen molar-refractivity contribution in [2.24, 2.45) is 0 Å². The fourth-order valence-corrected chi connectivity index (χ4v) is 3.68. The molecule has 0 aliphatic carbocycles. The zero-order chi connectivity index (χ0) is 19.2. The van der Waals surface area contributed by atoms with Crippen LogP contribution in [0.1, 0.15) is 32.0 Å². The summed E-state index contributed by atoms with van der Waals surface area (Å²) in [4.78, 5) is 32.0. The standard InChI is InChI=1S/C17H19BN3O6/c22-16(13-6-19-9-20-13)21-7-11(8-21)27-14-2-1-10-3-4-18(25,26)5-12(10)15(14)17(23)24/h1-2,6,9,11,25-26H,3-5,7-8H2,(H,19,20)(H,23,24)/q-1/p-1. The van der Waals surface area contributed by atoms with E-state index in [0.717, 1.165) is 5.56 Å². The number of carboxylic acids is 1. The van der Waals surface area contributed by atoms with Crippen molar-refractivity contribution in [1.82, 2.24) is 14.9 Å². The first-order valence-electron chi connectivity index (χ1n) is 8.77. The van der Waals surface area contributed by atoms with Crippen molar-refractivity contribution in [3.05, 3.63) is 47.0 Å². The number of ether oxygens (including phenoxy) is 1. The van der Waals surface area contributed by atoms with E-state index < -0.39 is 12.5 Å². The van der Waals surface area contributed by atoms with Gasteiger partial charge in [-0.2, -0.15) is 0 Å². The summed E-state index contributed by atoms with van der Waals surface area (Å²) in [5.41, 5.74) is 1.35. The molecule has 1 aromatic heterocycles. The molecular formula is C17H18BN3O6-2. The zero-order valence-electron chi connectivity index (χ0n) is 14.4. The highest BCUT2D eigenvalue weighted by molar-refractivity contribution is 6.64. The average molecular weight is 371 g/mol. The topological polar surface area (TPSA) is 139 Å². The van der Waals surface area contributed by atoms with Gasteiger partial charge >= 0.3 is 0 Å². The number of hydrogen-bond donors (Lipinski definition) is 3. The van der Waals surface area contributed by atoms with Gasteiger partial charge in [-0.25, -0.2) is 4.98 Å². The minimum absolute atomic E-state index is 0.126. The van der Waals surface area contributed by atoms with Crippen LogP contribution in [0.5, 0.6) is 5.75 Å². The molecule has 3 heterocycles. The highest BCUT2D eigenvalue weighted by Crippen LogP contribution is 2.34. The van der Waals surface area contributed by atoms with Crippen LogP contribution < -0.4 is 9.84 Å². The summed E-state index contributed by atoms with van der Waals surface area (Å²) in [7, 11) is 0. The van der Waals surface area contributed by atoms with Gasteiger partial charge in [0.15, 0.2) is 0 Å². The number of carboxylic acid groups (broad SMARTS) is 1. The highest BCUT2D eigenvalue weighted by atomic mass is 16.5. The average Bonchev–Trinajstić information content (AvgIpc) is 3.10. The second kappa shape index (κ2) is 6.40. The van der Waals surface area contributed by atoms with Crippen molar-refractivity contribution in [2.75, 3.05) is 13.1 Å². The molecule has 0 bridgehead atoms. The lowest BCUT2D eigenvalue weighted by molar-refractivity contribution is -0.255. The number of hydrogen-bond acceptors (Lipinski definition) is 7. The van der Waals surface area contributed by atoms with Gasteiger partial charge in [-0.15, -0.1) is 12.6 Å². The molecule has 1 fully saturated rings. The Morgan fingerprint density at radius 2 is 2.11 bits per heavy atom. The van der Waals surface area contributed by atoms with Crippen LogP contribution in [0.4, 0.5) is 0 Å². The molecule has 0 saturated carbocycles. The summed E-state index contributed by atoms with van der Waals surface area (Å²) in [6.07, 6.45) is 2.96. The van der Waals surface area contributed by atoms with Crippen LogP contribution in [0.2, 0.25) is 6.32 Å². The number of carbonyl (C=O) groups excluding carboxylic acids is 2. The first-order chi connectivity index (χ1) is 12.8. The molecule has 4 rings (SSSR count). The fraction of sp³-hybridized carbons (Fsp3) is 0.353. The molecule has 10 heteroatoms. The number of aryl methyl sites for hydroxylation is 1. The second-order valence-corrected chi connectivity index (χ2v) is 7.16.